The first-order valence-corrected chi connectivity index (χ1v) is 7.68. The summed E-state index contributed by atoms with van der Waals surface area (Å²) in [5, 5.41) is 3.28. The summed E-state index contributed by atoms with van der Waals surface area (Å²) in [6, 6.07) is 4.21. The fraction of sp³-hybridized carbons (Fsp3) is 0.200. The molecule has 0 radical (unpaired) electrons. The molecule has 2 nitrogen and oxygen atoms in total. The summed E-state index contributed by atoms with van der Waals surface area (Å²) >= 11 is 12.1. The molecule has 16 heavy (non-hydrogen) atoms. The van der Waals surface area contributed by atoms with E-state index in [-0.39, 0.29) is 6.04 Å². The smallest absolute Gasteiger partial charge is 0.174 e. The van der Waals surface area contributed by atoms with Crippen LogP contribution in [0.2, 0.25) is 0 Å². The van der Waals surface area contributed by atoms with Crippen molar-refractivity contribution in [3.63, 3.8) is 0 Å². The zero-order valence-corrected chi connectivity index (χ0v) is 13.8. The third kappa shape index (κ3) is 2.46. The summed E-state index contributed by atoms with van der Waals surface area (Å²) in [7, 11) is 1.94. The van der Waals surface area contributed by atoms with E-state index in [1.165, 1.54) is 4.88 Å². The standard InChI is InChI=1S/C10H8Br3NOS/c1-14-8(5-2-3-15-9(5)12)7-4-6(11)10(13)16-7/h2-4,8,14H,1H3. The van der Waals surface area contributed by atoms with Crippen LogP contribution in [-0.4, -0.2) is 7.05 Å². The van der Waals surface area contributed by atoms with Crippen molar-refractivity contribution in [3.05, 3.63) is 41.8 Å². The van der Waals surface area contributed by atoms with Gasteiger partial charge in [0.15, 0.2) is 4.67 Å². The van der Waals surface area contributed by atoms with Crippen LogP contribution < -0.4 is 5.32 Å². The lowest BCUT2D eigenvalue weighted by molar-refractivity contribution is 0.531. The molecule has 0 bridgehead atoms. The second kappa shape index (κ2) is 5.35. The Labute approximate surface area is 123 Å². The van der Waals surface area contributed by atoms with Gasteiger partial charge >= 0.3 is 0 Å². The van der Waals surface area contributed by atoms with Crippen molar-refractivity contribution in [2.45, 2.75) is 6.04 Å². The van der Waals surface area contributed by atoms with E-state index in [0.717, 1.165) is 18.5 Å². The lowest BCUT2D eigenvalue weighted by Crippen LogP contribution is -2.16. The van der Waals surface area contributed by atoms with E-state index in [1.54, 1.807) is 17.6 Å². The van der Waals surface area contributed by atoms with E-state index in [2.05, 4.69) is 59.2 Å². The molecule has 0 fully saturated rings. The molecule has 2 heterocycles. The van der Waals surface area contributed by atoms with Gasteiger partial charge in [0.2, 0.25) is 0 Å². The molecule has 2 rings (SSSR count). The zero-order valence-electron chi connectivity index (χ0n) is 8.26. The minimum absolute atomic E-state index is 0.140. The molecule has 0 saturated heterocycles. The average molecular weight is 430 g/mol. The highest BCUT2D eigenvalue weighted by atomic mass is 79.9. The number of hydrogen-bond acceptors (Lipinski definition) is 3. The van der Waals surface area contributed by atoms with Gasteiger partial charge in [0.05, 0.1) is 16.1 Å². The van der Waals surface area contributed by atoms with Crippen LogP contribution in [0, 0.1) is 0 Å². The summed E-state index contributed by atoms with van der Waals surface area (Å²) in [6.07, 6.45) is 1.68. The quantitative estimate of drug-likeness (QED) is 0.747. The van der Waals surface area contributed by atoms with Crippen LogP contribution in [0.15, 0.2) is 35.7 Å². The van der Waals surface area contributed by atoms with E-state index in [0.29, 0.717) is 0 Å². The van der Waals surface area contributed by atoms with Crippen molar-refractivity contribution in [2.24, 2.45) is 0 Å². The molecule has 0 aliphatic rings. The fourth-order valence-corrected chi connectivity index (χ4v) is 4.15. The predicted octanol–water partition coefficient (Wildman–Crippen LogP) is 4.94. The van der Waals surface area contributed by atoms with E-state index < -0.39 is 0 Å². The molecule has 1 atom stereocenters. The second-order valence-corrected chi connectivity index (χ2v) is 7.12. The Balaban J connectivity index is 2.40. The first kappa shape index (κ1) is 12.8. The Morgan fingerprint density at radius 1 is 1.38 bits per heavy atom. The third-order valence-electron chi connectivity index (χ3n) is 2.19. The Hall–Kier alpha value is 0.380. The Morgan fingerprint density at radius 2 is 2.12 bits per heavy atom. The molecular weight excluding hydrogens is 422 g/mol. The predicted molar refractivity (Wildman–Crippen MR) is 77.0 cm³/mol. The van der Waals surface area contributed by atoms with Crippen LogP contribution in [0.3, 0.4) is 0 Å². The lowest BCUT2D eigenvalue weighted by atomic mass is 10.1. The number of nitrogens with one attached hydrogen (secondary N) is 1. The maximum atomic E-state index is 5.26. The molecule has 0 saturated carbocycles. The van der Waals surface area contributed by atoms with Crippen LogP contribution in [0.5, 0.6) is 0 Å². The molecule has 6 heteroatoms. The van der Waals surface area contributed by atoms with Gasteiger partial charge in [-0.2, -0.15) is 0 Å². The molecule has 1 N–H and O–H groups in total. The maximum absolute atomic E-state index is 5.26. The highest BCUT2D eigenvalue weighted by Gasteiger charge is 2.20. The van der Waals surface area contributed by atoms with Crippen molar-refractivity contribution in [3.8, 4) is 0 Å². The Bertz CT molecular complexity index is 474. The summed E-state index contributed by atoms with van der Waals surface area (Å²) in [6.45, 7) is 0. The summed E-state index contributed by atoms with van der Waals surface area (Å²) in [4.78, 5) is 1.23. The van der Waals surface area contributed by atoms with Crippen molar-refractivity contribution in [1.29, 1.82) is 0 Å². The minimum atomic E-state index is 0.140. The average Bonchev–Trinajstić information content (AvgIpc) is 2.78. The lowest BCUT2D eigenvalue weighted by Gasteiger charge is -2.12. The number of furan rings is 1. The monoisotopic (exact) mass is 427 g/mol. The molecule has 0 aliphatic carbocycles. The molecule has 86 valence electrons. The van der Waals surface area contributed by atoms with Crippen LogP contribution >= 0.6 is 59.1 Å². The summed E-state index contributed by atoms with van der Waals surface area (Å²) in [5.74, 6) is 0. The molecule has 0 amide bonds. The Morgan fingerprint density at radius 3 is 2.56 bits per heavy atom. The first-order chi connectivity index (χ1) is 7.63. The molecule has 0 spiro atoms. The van der Waals surface area contributed by atoms with Gasteiger partial charge in [-0.25, -0.2) is 0 Å². The molecule has 2 aromatic heterocycles. The van der Waals surface area contributed by atoms with Crippen LogP contribution in [0.4, 0.5) is 0 Å². The van der Waals surface area contributed by atoms with Gasteiger partial charge in [-0.1, -0.05) is 0 Å². The summed E-state index contributed by atoms with van der Waals surface area (Å²) in [5.41, 5.74) is 1.10. The zero-order chi connectivity index (χ0) is 11.7. The fourth-order valence-electron chi connectivity index (χ4n) is 1.47. The highest BCUT2D eigenvalue weighted by Crippen LogP contribution is 2.39. The number of thiophene rings is 1. The SMILES string of the molecule is CNC(c1cc(Br)c(Br)s1)c1ccoc1Br. The Kier molecular flexibility index (Phi) is 4.29. The van der Waals surface area contributed by atoms with Crippen molar-refractivity contribution in [2.75, 3.05) is 7.05 Å². The summed E-state index contributed by atoms with van der Waals surface area (Å²) < 4.78 is 8.21. The van der Waals surface area contributed by atoms with Gasteiger partial charge in [-0.05, 0) is 67.0 Å². The van der Waals surface area contributed by atoms with Gasteiger partial charge in [0, 0.05) is 14.9 Å². The topological polar surface area (TPSA) is 25.2 Å². The van der Waals surface area contributed by atoms with E-state index in [4.69, 9.17) is 4.42 Å². The molecule has 2 aromatic rings. The van der Waals surface area contributed by atoms with Gasteiger partial charge in [-0.3, -0.25) is 0 Å². The minimum Gasteiger partial charge on any atom is -0.457 e. The van der Waals surface area contributed by atoms with E-state index >= 15 is 0 Å². The van der Waals surface area contributed by atoms with Gasteiger partial charge in [0.1, 0.15) is 0 Å². The van der Waals surface area contributed by atoms with Crippen molar-refractivity contribution in [1.82, 2.24) is 5.32 Å². The van der Waals surface area contributed by atoms with E-state index in [1.807, 2.05) is 13.1 Å². The number of halogens is 3. The number of rotatable bonds is 3. The molecule has 1 unspecified atom stereocenters. The van der Waals surface area contributed by atoms with Crippen LogP contribution in [-0.2, 0) is 0 Å². The normalized spacial score (nSPS) is 13.0. The molecule has 0 aromatic carbocycles. The first-order valence-electron chi connectivity index (χ1n) is 4.48. The largest absolute Gasteiger partial charge is 0.457 e. The highest BCUT2D eigenvalue weighted by molar-refractivity contribution is 9.13. The van der Waals surface area contributed by atoms with Crippen molar-refractivity contribution >= 4 is 59.1 Å². The number of hydrogen-bond donors (Lipinski definition) is 1. The van der Waals surface area contributed by atoms with Gasteiger partial charge in [-0.15, -0.1) is 11.3 Å². The van der Waals surface area contributed by atoms with Crippen LogP contribution in [0.1, 0.15) is 16.5 Å². The van der Waals surface area contributed by atoms with Crippen LogP contribution in [0.25, 0.3) is 0 Å². The third-order valence-corrected chi connectivity index (χ3v) is 6.16. The molecule has 0 aliphatic heterocycles. The maximum Gasteiger partial charge on any atom is 0.174 e. The van der Waals surface area contributed by atoms with E-state index in [9.17, 15) is 0 Å². The van der Waals surface area contributed by atoms with Gasteiger partial charge < -0.3 is 9.73 Å². The molecular formula is C10H8Br3NOS. The van der Waals surface area contributed by atoms with Gasteiger partial charge in [0.25, 0.3) is 0 Å². The van der Waals surface area contributed by atoms with Crippen molar-refractivity contribution < 1.29 is 4.42 Å². The second-order valence-electron chi connectivity index (χ2n) is 3.14.